The number of hydrogen-bond donors (Lipinski definition) is 2. The molecule has 0 aromatic carbocycles. The van der Waals surface area contributed by atoms with E-state index in [1.165, 1.54) is 7.05 Å². The second kappa shape index (κ2) is 7.67. The minimum absolute atomic E-state index is 0.0274. The summed E-state index contributed by atoms with van der Waals surface area (Å²) < 4.78 is 32.3. The van der Waals surface area contributed by atoms with Crippen molar-refractivity contribution in [3.05, 3.63) is 17.0 Å². The van der Waals surface area contributed by atoms with Gasteiger partial charge in [-0.1, -0.05) is 13.3 Å². The van der Waals surface area contributed by atoms with Crippen molar-refractivity contribution in [2.45, 2.75) is 46.6 Å². The van der Waals surface area contributed by atoms with Crippen molar-refractivity contribution in [3.8, 4) is 0 Å². The van der Waals surface area contributed by atoms with Gasteiger partial charge in [-0.05, 0) is 32.3 Å². The van der Waals surface area contributed by atoms with Gasteiger partial charge in [0.1, 0.15) is 0 Å². The van der Waals surface area contributed by atoms with Crippen molar-refractivity contribution >= 4 is 16.3 Å². The van der Waals surface area contributed by atoms with Crippen molar-refractivity contribution in [2.75, 3.05) is 18.9 Å². The van der Waals surface area contributed by atoms with Crippen molar-refractivity contribution < 1.29 is 13.0 Å². The Balaban J connectivity index is 3.16. The lowest BCUT2D eigenvalue weighted by atomic mass is 10.0. The maximum Gasteiger partial charge on any atom is 0.336 e. The molecular formula is C13H24N4O3S. The van der Waals surface area contributed by atoms with Crippen LogP contribution in [-0.2, 0) is 23.3 Å². The summed E-state index contributed by atoms with van der Waals surface area (Å²) in [5, 5.41) is 3.03. The number of hydrogen-bond acceptors (Lipinski definition) is 5. The molecule has 0 aliphatic carbocycles. The van der Waals surface area contributed by atoms with E-state index >= 15 is 0 Å². The van der Waals surface area contributed by atoms with Crippen LogP contribution >= 0.6 is 0 Å². The molecule has 1 heterocycles. The molecule has 0 spiro atoms. The van der Waals surface area contributed by atoms with Crippen LogP contribution in [-0.4, -0.2) is 40.8 Å². The van der Waals surface area contributed by atoms with E-state index in [9.17, 15) is 8.42 Å². The summed E-state index contributed by atoms with van der Waals surface area (Å²) in [4.78, 5) is 8.78. The van der Waals surface area contributed by atoms with Crippen molar-refractivity contribution in [1.82, 2.24) is 14.3 Å². The van der Waals surface area contributed by atoms with Crippen molar-refractivity contribution in [3.63, 3.8) is 0 Å². The molecule has 120 valence electrons. The third kappa shape index (κ3) is 5.22. The van der Waals surface area contributed by atoms with E-state index in [0.717, 1.165) is 34.8 Å². The first-order chi connectivity index (χ1) is 9.79. The fraction of sp³-hybridized carbons (Fsp3) is 0.692. The maximum atomic E-state index is 11.2. The minimum Gasteiger partial charge on any atom is -0.354 e. The molecule has 1 rings (SSSR count). The van der Waals surface area contributed by atoms with E-state index in [1.54, 1.807) is 0 Å². The second-order valence-corrected chi connectivity index (χ2v) is 6.44. The third-order valence-electron chi connectivity index (χ3n) is 3.18. The fourth-order valence-electron chi connectivity index (χ4n) is 1.99. The van der Waals surface area contributed by atoms with E-state index < -0.39 is 10.3 Å². The van der Waals surface area contributed by atoms with Gasteiger partial charge in [-0.2, -0.15) is 12.7 Å². The minimum atomic E-state index is -4.22. The predicted molar refractivity (Wildman–Crippen MR) is 82.6 cm³/mol. The summed E-state index contributed by atoms with van der Waals surface area (Å²) in [6.45, 7) is 6.63. The van der Waals surface area contributed by atoms with Gasteiger partial charge < -0.3 is 5.32 Å². The summed E-state index contributed by atoms with van der Waals surface area (Å²) in [6.07, 6.45) is 2.80. The van der Waals surface area contributed by atoms with Gasteiger partial charge in [0.2, 0.25) is 5.95 Å². The second-order valence-electron chi connectivity index (χ2n) is 4.93. The Labute approximate surface area is 126 Å². The molecule has 0 aliphatic rings. The van der Waals surface area contributed by atoms with Crippen LogP contribution in [0.4, 0.5) is 5.95 Å². The highest BCUT2D eigenvalue weighted by Gasteiger charge is 2.19. The molecule has 0 bridgehead atoms. The van der Waals surface area contributed by atoms with E-state index in [2.05, 4.69) is 22.2 Å². The van der Waals surface area contributed by atoms with Crippen LogP contribution in [0.25, 0.3) is 0 Å². The number of rotatable bonds is 8. The van der Waals surface area contributed by atoms with Crippen LogP contribution in [0.1, 0.15) is 43.6 Å². The van der Waals surface area contributed by atoms with Crippen LogP contribution in [0.3, 0.4) is 0 Å². The molecule has 0 fully saturated rings. The van der Waals surface area contributed by atoms with E-state index in [4.69, 9.17) is 4.55 Å². The summed E-state index contributed by atoms with van der Waals surface area (Å²) in [5.74, 6) is 0.481. The van der Waals surface area contributed by atoms with Crippen LogP contribution in [0.5, 0.6) is 0 Å². The average molecular weight is 316 g/mol. The molecule has 8 heteroatoms. The van der Waals surface area contributed by atoms with Gasteiger partial charge >= 0.3 is 10.3 Å². The number of anilines is 1. The molecule has 0 unspecified atom stereocenters. The Hall–Kier alpha value is -1.25. The van der Waals surface area contributed by atoms with Gasteiger partial charge in [0.15, 0.2) is 0 Å². The maximum absolute atomic E-state index is 11.2. The van der Waals surface area contributed by atoms with Gasteiger partial charge in [-0.25, -0.2) is 9.97 Å². The first-order valence-electron chi connectivity index (χ1n) is 7.08. The fourth-order valence-corrected chi connectivity index (χ4v) is 2.28. The number of aromatic nitrogens is 2. The highest BCUT2D eigenvalue weighted by atomic mass is 32.2. The molecule has 0 atom stereocenters. The van der Waals surface area contributed by atoms with Gasteiger partial charge in [0.25, 0.3) is 0 Å². The SMILES string of the molecule is CCCCc1c(C)nc(NCC)nc1CN(C)S(=O)(=O)O. The number of unbranched alkanes of at least 4 members (excludes halogenated alkanes) is 1. The quantitative estimate of drug-likeness (QED) is 0.710. The summed E-state index contributed by atoms with van der Waals surface area (Å²) in [5.41, 5.74) is 2.43. The van der Waals surface area contributed by atoms with E-state index in [1.807, 2.05) is 13.8 Å². The van der Waals surface area contributed by atoms with Crippen LogP contribution in [0.2, 0.25) is 0 Å². The molecule has 0 saturated carbocycles. The van der Waals surface area contributed by atoms with Gasteiger partial charge in [-0.3, -0.25) is 4.55 Å². The third-order valence-corrected chi connectivity index (χ3v) is 4.10. The number of aryl methyl sites for hydroxylation is 1. The van der Waals surface area contributed by atoms with Crippen molar-refractivity contribution in [2.24, 2.45) is 0 Å². The molecule has 1 aromatic heterocycles. The zero-order chi connectivity index (χ0) is 16.0. The largest absolute Gasteiger partial charge is 0.354 e. The monoisotopic (exact) mass is 316 g/mol. The molecule has 7 nitrogen and oxygen atoms in total. The molecular weight excluding hydrogens is 292 g/mol. The molecule has 1 aromatic rings. The lowest BCUT2D eigenvalue weighted by Crippen LogP contribution is -2.27. The van der Waals surface area contributed by atoms with Crippen LogP contribution < -0.4 is 5.32 Å². The first kappa shape index (κ1) is 17.8. The Morgan fingerprint density at radius 2 is 1.95 bits per heavy atom. The molecule has 21 heavy (non-hydrogen) atoms. The average Bonchev–Trinajstić information content (AvgIpc) is 2.37. The Kier molecular flexibility index (Phi) is 6.50. The standard InChI is InChI=1S/C13H24N4O3S/c1-5-7-8-11-10(3)15-13(14-6-2)16-12(11)9-17(4)21(18,19)20/h5-9H2,1-4H3,(H,14,15,16)(H,18,19,20). The zero-order valence-corrected chi connectivity index (χ0v) is 13.9. The number of nitrogens with zero attached hydrogens (tertiary/aromatic N) is 3. The lowest BCUT2D eigenvalue weighted by molar-refractivity contribution is 0.380. The molecule has 0 aliphatic heterocycles. The van der Waals surface area contributed by atoms with Crippen LogP contribution in [0, 0.1) is 6.92 Å². The highest BCUT2D eigenvalue weighted by molar-refractivity contribution is 7.83. The molecule has 0 radical (unpaired) electrons. The zero-order valence-electron chi connectivity index (χ0n) is 13.0. The van der Waals surface area contributed by atoms with Gasteiger partial charge in [0, 0.05) is 19.3 Å². The summed E-state index contributed by atoms with van der Waals surface area (Å²) in [7, 11) is -2.90. The van der Waals surface area contributed by atoms with Crippen molar-refractivity contribution in [1.29, 1.82) is 0 Å². The van der Waals surface area contributed by atoms with E-state index in [0.29, 0.717) is 18.2 Å². The Bertz CT molecular complexity index is 575. The first-order valence-corrected chi connectivity index (χ1v) is 8.48. The van der Waals surface area contributed by atoms with Gasteiger partial charge in [-0.15, -0.1) is 0 Å². The Morgan fingerprint density at radius 1 is 1.29 bits per heavy atom. The van der Waals surface area contributed by atoms with Gasteiger partial charge in [0.05, 0.1) is 12.2 Å². The Morgan fingerprint density at radius 3 is 2.48 bits per heavy atom. The number of nitrogens with one attached hydrogen (secondary N) is 1. The molecule has 2 N–H and O–H groups in total. The topological polar surface area (TPSA) is 95.4 Å². The predicted octanol–water partition coefficient (Wildman–Crippen LogP) is 1.79. The highest BCUT2D eigenvalue weighted by Crippen LogP contribution is 2.18. The molecule has 0 amide bonds. The van der Waals surface area contributed by atoms with E-state index in [-0.39, 0.29) is 6.54 Å². The molecule has 0 saturated heterocycles. The summed E-state index contributed by atoms with van der Waals surface area (Å²) in [6, 6.07) is 0. The smallest absolute Gasteiger partial charge is 0.336 e. The normalized spacial score (nSPS) is 11.9. The van der Waals surface area contributed by atoms with Crippen LogP contribution in [0.15, 0.2) is 0 Å². The lowest BCUT2D eigenvalue weighted by Gasteiger charge is -2.17. The summed E-state index contributed by atoms with van der Waals surface area (Å²) >= 11 is 0.